The average molecular weight is 524 g/mol. The van der Waals surface area contributed by atoms with Crippen LogP contribution in [0.15, 0.2) is 53.4 Å². The van der Waals surface area contributed by atoms with Gasteiger partial charge in [0.05, 0.1) is 11.4 Å². The van der Waals surface area contributed by atoms with Gasteiger partial charge in [0, 0.05) is 29.7 Å². The van der Waals surface area contributed by atoms with Crippen LogP contribution in [0.25, 0.3) is 6.08 Å². The van der Waals surface area contributed by atoms with Crippen LogP contribution in [0.5, 0.6) is 0 Å². The van der Waals surface area contributed by atoms with E-state index in [9.17, 15) is 14.4 Å². The maximum absolute atomic E-state index is 13.1. The van der Waals surface area contributed by atoms with Crippen molar-refractivity contribution in [2.75, 3.05) is 26.2 Å². The number of likely N-dealkylation sites (tertiary alicyclic amines) is 2. The first-order valence-electron chi connectivity index (χ1n) is 12.6. The van der Waals surface area contributed by atoms with Gasteiger partial charge in [-0.1, -0.05) is 42.3 Å². The lowest BCUT2D eigenvalue weighted by molar-refractivity contribution is -0.123. The van der Waals surface area contributed by atoms with Gasteiger partial charge in [-0.05, 0) is 92.0 Å². The lowest BCUT2D eigenvalue weighted by atomic mass is 9.99. The molecule has 0 atom stereocenters. The monoisotopic (exact) mass is 523 g/mol. The van der Waals surface area contributed by atoms with Crippen LogP contribution in [0.1, 0.15) is 53.6 Å². The molecule has 0 radical (unpaired) electrons. The zero-order valence-electron chi connectivity index (χ0n) is 20.2. The minimum atomic E-state index is -0.309. The first-order chi connectivity index (χ1) is 17.5. The van der Waals surface area contributed by atoms with E-state index in [1.54, 1.807) is 30.3 Å². The van der Waals surface area contributed by atoms with E-state index in [1.807, 2.05) is 29.2 Å². The smallest absolute Gasteiger partial charge is 0.293 e. The van der Waals surface area contributed by atoms with Gasteiger partial charge in [-0.15, -0.1) is 0 Å². The molecule has 36 heavy (non-hydrogen) atoms. The Hall–Kier alpha value is -2.61. The standard InChI is InChI=1S/C28H30ClN3O3S/c29-23-10-6-21(7-11-23)19-32-27(34)25(36-28(32)35)18-20-4-8-22(9-5-20)26(33)31-16-12-24(13-17-31)30-14-2-1-3-15-30/h4-11,18,24H,1-3,12-17,19H2/b25-18-. The van der Waals surface area contributed by atoms with Crippen LogP contribution in [0.4, 0.5) is 4.79 Å². The van der Waals surface area contributed by atoms with Crippen LogP contribution in [-0.2, 0) is 11.3 Å². The number of carbonyl (C=O) groups excluding carboxylic acids is 3. The third-order valence-electron chi connectivity index (χ3n) is 7.24. The summed E-state index contributed by atoms with van der Waals surface area (Å²) in [6.07, 6.45) is 7.71. The molecule has 0 aliphatic carbocycles. The second-order valence-electron chi connectivity index (χ2n) is 9.64. The van der Waals surface area contributed by atoms with Crippen LogP contribution >= 0.6 is 23.4 Å². The molecule has 188 valence electrons. The number of carbonyl (C=O) groups is 3. The van der Waals surface area contributed by atoms with E-state index < -0.39 is 0 Å². The van der Waals surface area contributed by atoms with Crippen molar-refractivity contribution in [1.29, 1.82) is 0 Å². The molecule has 3 saturated heterocycles. The summed E-state index contributed by atoms with van der Waals surface area (Å²) in [5.74, 6) is -0.251. The Morgan fingerprint density at radius 2 is 1.58 bits per heavy atom. The van der Waals surface area contributed by atoms with E-state index in [0.717, 1.165) is 48.8 Å². The number of rotatable bonds is 5. The number of hydrogen-bond donors (Lipinski definition) is 0. The average Bonchev–Trinajstić information content (AvgIpc) is 3.18. The van der Waals surface area contributed by atoms with Crippen molar-refractivity contribution >= 4 is 46.5 Å². The summed E-state index contributed by atoms with van der Waals surface area (Å²) in [6, 6.07) is 15.0. The maximum Gasteiger partial charge on any atom is 0.293 e. The molecule has 0 bridgehead atoms. The van der Waals surface area contributed by atoms with Gasteiger partial charge >= 0.3 is 0 Å². The van der Waals surface area contributed by atoms with Crippen molar-refractivity contribution in [3.05, 3.63) is 75.1 Å². The molecule has 8 heteroatoms. The molecule has 0 N–H and O–H groups in total. The van der Waals surface area contributed by atoms with Crippen molar-refractivity contribution in [3.63, 3.8) is 0 Å². The molecule has 2 aromatic carbocycles. The Bertz CT molecular complexity index is 1150. The summed E-state index contributed by atoms with van der Waals surface area (Å²) in [4.78, 5) is 44.5. The molecule has 2 aromatic rings. The Balaban J connectivity index is 1.18. The lowest BCUT2D eigenvalue weighted by Crippen LogP contribution is -2.48. The van der Waals surface area contributed by atoms with Crippen molar-refractivity contribution in [2.24, 2.45) is 0 Å². The van der Waals surface area contributed by atoms with E-state index in [-0.39, 0.29) is 23.6 Å². The van der Waals surface area contributed by atoms with Gasteiger partial charge in [0.25, 0.3) is 17.1 Å². The van der Waals surface area contributed by atoms with Crippen LogP contribution in [0.3, 0.4) is 0 Å². The fraction of sp³-hybridized carbons (Fsp3) is 0.393. The Morgan fingerprint density at radius 3 is 2.25 bits per heavy atom. The number of piperidine rings is 2. The Morgan fingerprint density at radius 1 is 0.917 bits per heavy atom. The first kappa shape index (κ1) is 25.1. The van der Waals surface area contributed by atoms with Crippen molar-refractivity contribution < 1.29 is 14.4 Å². The van der Waals surface area contributed by atoms with Gasteiger partial charge in [-0.3, -0.25) is 19.3 Å². The number of amides is 3. The first-order valence-corrected chi connectivity index (χ1v) is 13.8. The number of hydrogen-bond acceptors (Lipinski definition) is 5. The fourth-order valence-corrected chi connectivity index (χ4v) is 6.15. The van der Waals surface area contributed by atoms with Gasteiger partial charge in [0.1, 0.15) is 0 Å². The summed E-state index contributed by atoms with van der Waals surface area (Å²) >= 11 is 6.86. The normalized spacial score (nSPS) is 21.0. The van der Waals surface area contributed by atoms with Crippen LogP contribution in [0, 0.1) is 0 Å². The highest BCUT2D eigenvalue weighted by molar-refractivity contribution is 8.18. The number of halogens is 1. The lowest BCUT2D eigenvalue weighted by Gasteiger charge is -2.40. The van der Waals surface area contributed by atoms with E-state index in [1.165, 1.54) is 37.3 Å². The number of imide groups is 1. The van der Waals surface area contributed by atoms with Crippen molar-refractivity contribution in [3.8, 4) is 0 Å². The second-order valence-corrected chi connectivity index (χ2v) is 11.1. The SMILES string of the molecule is O=C(c1ccc(/C=C2\SC(=O)N(Cc3ccc(Cl)cc3)C2=O)cc1)N1CCC(N2CCCCC2)CC1. The van der Waals surface area contributed by atoms with Gasteiger partial charge in [-0.25, -0.2) is 0 Å². The fourth-order valence-electron chi connectivity index (χ4n) is 5.18. The predicted octanol–water partition coefficient (Wildman–Crippen LogP) is 5.67. The third kappa shape index (κ3) is 5.69. The van der Waals surface area contributed by atoms with E-state index in [0.29, 0.717) is 21.5 Å². The highest BCUT2D eigenvalue weighted by Crippen LogP contribution is 2.33. The minimum Gasteiger partial charge on any atom is -0.339 e. The molecule has 3 heterocycles. The quantitative estimate of drug-likeness (QED) is 0.473. The van der Waals surface area contributed by atoms with Crippen LogP contribution in [0.2, 0.25) is 5.02 Å². The predicted molar refractivity (Wildman–Crippen MR) is 144 cm³/mol. The van der Waals surface area contributed by atoms with E-state index in [2.05, 4.69) is 4.90 Å². The topological polar surface area (TPSA) is 60.9 Å². The largest absolute Gasteiger partial charge is 0.339 e. The molecule has 6 nitrogen and oxygen atoms in total. The van der Waals surface area contributed by atoms with Crippen molar-refractivity contribution in [2.45, 2.75) is 44.7 Å². The van der Waals surface area contributed by atoms with Gasteiger partial charge in [0.2, 0.25) is 0 Å². The number of benzene rings is 2. The zero-order valence-corrected chi connectivity index (χ0v) is 21.8. The molecule has 0 unspecified atom stereocenters. The summed E-state index contributed by atoms with van der Waals surface area (Å²) in [6.45, 7) is 4.19. The van der Waals surface area contributed by atoms with Crippen LogP contribution in [-0.4, -0.2) is 64.0 Å². The summed E-state index contributed by atoms with van der Waals surface area (Å²) in [5, 5.41) is 0.317. The molecule has 3 fully saturated rings. The van der Waals surface area contributed by atoms with E-state index in [4.69, 9.17) is 11.6 Å². The highest BCUT2D eigenvalue weighted by Gasteiger charge is 2.35. The summed E-state index contributed by atoms with van der Waals surface area (Å²) in [5.41, 5.74) is 2.28. The molecule has 0 saturated carbocycles. The molecule has 3 amide bonds. The van der Waals surface area contributed by atoms with Crippen molar-refractivity contribution in [1.82, 2.24) is 14.7 Å². The molecular weight excluding hydrogens is 494 g/mol. The molecule has 3 aliphatic rings. The summed E-state index contributed by atoms with van der Waals surface area (Å²) in [7, 11) is 0. The zero-order chi connectivity index (χ0) is 25.1. The minimum absolute atomic E-state index is 0.0573. The Kier molecular flexibility index (Phi) is 7.79. The summed E-state index contributed by atoms with van der Waals surface area (Å²) < 4.78 is 0. The maximum atomic E-state index is 13.1. The molecular formula is C28H30ClN3O3S. The van der Waals surface area contributed by atoms with Crippen LogP contribution < -0.4 is 0 Å². The molecule has 0 spiro atoms. The van der Waals surface area contributed by atoms with E-state index >= 15 is 0 Å². The van der Waals surface area contributed by atoms with Gasteiger partial charge in [0.15, 0.2) is 0 Å². The van der Waals surface area contributed by atoms with Gasteiger partial charge in [-0.2, -0.15) is 0 Å². The Labute approximate surface area is 221 Å². The highest BCUT2D eigenvalue weighted by atomic mass is 35.5. The number of nitrogens with zero attached hydrogens (tertiary/aromatic N) is 3. The number of thioether (sulfide) groups is 1. The second kappa shape index (κ2) is 11.2. The molecule has 0 aromatic heterocycles. The third-order valence-corrected chi connectivity index (χ3v) is 8.40. The molecule has 5 rings (SSSR count). The molecule has 3 aliphatic heterocycles. The van der Waals surface area contributed by atoms with Gasteiger partial charge < -0.3 is 9.80 Å².